The molecule has 7 nitrogen and oxygen atoms in total. The van der Waals surface area contributed by atoms with Gasteiger partial charge in [0.1, 0.15) is 5.71 Å². The molecule has 1 fully saturated rings. The molecular weight excluding hydrogens is 426 g/mol. The van der Waals surface area contributed by atoms with Gasteiger partial charge in [0, 0.05) is 57.3 Å². The lowest BCUT2D eigenvalue weighted by Gasteiger charge is -2.36. The topological polar surface area (TPSA) is 68.2 Å². The summed E-state index contributed by atoms with van der Waals surface area (Å²) in [7, 11) is 0. The summed E-state index contributed by atoms with van der Waals surface area (Å²) in [6.07, 6.45) is 1.55. The fraction of sp³-hybridized carbons (Fsp3) is 0.444. The quantitative estimate of drug-likeness (QED) is 0.685. The minimum absolute atomic E-state index is 0.0371. The number of benzene rings is 2. The van der Waals surface area contributed by atoms with E-state index in [-0.39, 0.29) is 17.9 Å². The Labute approximate surface area is 202 Å². The zero-order valence-electron chi connectivity index (χ0n) is 20.5. The summed E-state index contributed by atoms with van der Waals surface area (Å²) in [5.74, 6) is -0.262. The van der Waals surface area contributed by atoms with Crippen LogP contribution in [-0.2, 0) is 9.59 Å². The molecule has 4 rings (SSSR count). The summed E-state index contributed by atoms with van der Waals surface area (Å²) >= 11 is 0. The van der Waals surface area contributed by atoms with Crippen LogP contribution in [0.5, 0.6) is 0 Å². The highest BCUT2D eigenvalue weighted by Gasteiger charge is 2.26. The van der Waals surface area contributed by atoms with Gasteiger partial charge < -0.3 is 10.2 Å². The van der Waals surface area contributed by atoms with Crippen molar-refractivity contribution >= 4 is 28.9 Å². The molecule has 2 aromatic carbocycles. The Morgan fingerprint density at radius 2 is 1.62 bits per heavy atom. The maximum atomic E-state index is 12.8. The molecule has 2 aliphatic rings. The Morgan fingerprint density at radius 1 is 0.971 bits per heavy atom. The minimum atomic E-state index is -0.179. The molecule has 0 aliphatic carbocycles. The Hall–Kier alpha value is -3.19. The smallest absolute Gasteiger partial charge is 0.267 e. The first-order valence-corrected chi connectivity index (χ1v) is 12.2. The van der Waals surface area contributed by atoms with Crippen molar-refractivity contribution in [2.75, 3.05) is 42.6 Å². The van der Waals surface area contributed by atoms with E-state index in [0.717, 1.165) is 44.7 Å². The molecule has 0 spiro atoms. The molecule has 0 radical (unpaired) electrons. The van der Waals surface area contributed by atoms with E-state index < -0.39 is 0 Å². The molecule has 0 saturated carbocycles. The highest BCUT2D eigenvalue weighted by Crippen LogP contribution is 2.21. The molecule has 0 bridgehead atoms. The standard InChI is InChI=1S/C27H35N5O2/c1-20-6-4-8-23(18-20)31-16-14-30(15-17-31)13-12-22(3)28-27(34)25-10-11-26(33)32(29-25)24-9-5-7-21(2)19-24/h4-9,18-19,22H,10-17H2,1-3H3,(H,28,34). The lowest BCUT2D eigenvalue weighted by molar-refractivity contribution is -0.119. The van der Waals surface area contributed by atoms with Crippen LogP contribution in [0.4, 0.5) is 11.4 Å². The molecule has 1 unspecified atom stereocenters. The summed E-state index contributed by atoms with van der Waals surface area (Å²) in [5.41, 5.74) is 4.75. The van der Waals surface area contributed by atoms with Gasteiger partial charge in [0.2, 0.25) is 5.91 Å². The molecule has 0 aromatic heterocycles. The third kappa shape index (κ3) is 6.03. The van der Waals surface area contributed by atoms with E-state index in [0.29, 0.717) is 24.2 Å². The van der Waals surface area contributed by atoms with E-state index in [9.17, 15) is 9.59 Å². The van der Waals surface area contributed by atoms with E-state index in [2.05, 4.69) is 51.4 Å². The first-order chi connectivity index (χ1) is 16.4. The number of hydrogen-bond donors (Lipinski definition) is 1. The maximum Gasteiger partial charge on any atom is 0.267 e. The van der Waals surface area contributed by atoms with Crippen molar-refractivity contribution < 1.29 is 9.59 Å². The molecule has 7 heteroatoms. The molecule has 2 amide bonds. The largest absolute Gasteiger partial charge is 0.369 e. The van der Waals surface area contributed by atoms with Crippen LogP contribution < -0.4 is 15.2 Å². The van der Waals surface area contributed by atoms with Gasteiger partial charge in [-0.05, 0) is 62.6 Å². The third-order valence-electron chi connectivity index (χ3n) is 6.54. The zero-order chi connectivity index (χ0) is 24.1. The summed E-state index contributed by atoms with van der Waals surface area (Å²) in [6.45, 7) is 11.2. The fourth-order valence-electron chi connectivity index (χ4n) is 4.49. The number of carbonyl (C=O) groups excluding carboxylic acids is 2. The van der Waals surface area contributed by atoms with E-state index in [4.69, 9.17) is 0 Å². The second kappa shape index (κ2) is 10.8. The molecule has 2 aliphatic heterocycles. The van der Waals surface area contributed by atoms with Gasteiger partial charge >= 0.3 is 0 Å². The van der Waals surface area contributed by atoms with Gasteiger partial charge in [-0.2, -0.15) is 5.10 Å². The van der Waals surface area contributed by atoms with Gasteiger partial charge in [-0.25, -0.2) is 5.01 Å². The average Bonchev–Trinajstić information content (AvgIpc) is 2.83. The number of hydrazone groups is 1. The molecule has 180 valence electrons. The lowest BCUT2D eigenvalue weighted by Crippen LogP contribution is -2.48. The summed E-state index contributed by atoms with van der Waals surface area (Å²) < 4.78 is 0. The SMILES string of the molecule is Cc1cccc(N2CCN(CCC(C)NC(=O)C3=NN(c4cccc(C)c4)C(=O)CC3)CC2)c1. The number of aryl methyl sites for hydroxylation is 2. The van der Waals surface area contributed by atoms with E-state index >= 15 is 0 Å². The third-order valence-corrected chi connectivity index (χ3v) is 6.54. The normalized spacial score (nSPS) is 18.0. The zero-order valence-corrected chi connectivity index (χ0v) is 20.5. The van der Waals surface area contributed by atoms with Crippen LogP contribution in [0.3, 0.4) is 0 Å². The van der Waals surface area contributed by atoms with Gasteiger partial charge in [-0.3, -0.25) is 14.5 Å². The van der Waals surface area contributed by atoms with Crippen LogP contribution in [-0.4, -0.2) is 61.2 Å². The first kappa shape index (κ1) is 24.0. The van der Waals surface area contributed by atoms with Crippen LogP contribution in [0.2, 0.25) is 0 Å². The first-order valence-electron chi connectivity index (χ1n) is 12.2. The predicted octanol–water partition coefficient (Wildman–Crippen LogP) is 3.50. The Bertz CT molecular complexity index is 1060. The van der Waals surface area contributed by atoms with Gasteiger partial charge in [-0.1, -0.05) is 24.3 Å². The van der Waals surface area contributed by atoms with Gasteiger partial charge in [0.25, 0.3) is 5.91 Å². The predicted molar refractivity (Wildman–Crippen MR) is 137 cm³/mol. The lowest BCUT2D eigenvalue weighted by atomic mass is 10.1. The summed E-state index contributed by atoms with van der Waals surface area (Å²) in [5, 5.41) is 8.84. The highest BCUT2D eigenvalue weighted by atomic mass is 16.2. The van der Waals surface area contributed by atoms with E-state index in [1.165, 1.54) is 16.3 Å². The number of carbonyl (C=O) groups is 2. The second-order valence-electron chi connectivity index (χ2n) is 9.42. The number of anilines is 2. The molecule has 2 heterocycles. The monoisotopic (exact) mass is 461 g/mol. The molecular formula is C27H35N5O2. The minimum Gasteiger partial charge on any atom is -0.369 e. The van der Waals surface area contributed by atoms with Crippen LogP contribution in [0.1, 0.15) is 37.3 Å². The summed E-state index contributed by atoms with van der Waals surface area (Å²) in [4.78, 5) is 30.1. The van der Waals surface area contributed by atoms with Crippen molar-refractivity contribution in [3.63, 3.8) is 0 Å². The van der Waals surface area contributed by atoms with Gasteiger partial charge in [0.05, 0.1) is 5.69 Å². The van der Waals surface area contributed by atoms with Crippen LogP contribution in [0, 0.1) is 13.8 Å². The highest BCUT2D eigenvalue weighted by molar-refractivity contribution is 6.40. The van der Waals surface area contributed by atoms with E-state index in [1.807, 2.05) is 38.1 Å². The van der Waals surface area contributed by atoms with E-state index in [1.54, 1.807) is 0 Å². The fourth-order valence-corrected chi connectivity index (χ4v) is 4.49. The number of rotatable bonds is 7. The number of piperazine rings is 1. The Morgan fingerprint density at radius 3 is 2.29 bits per heavy atom. The van der Waals surface area contributed by atoms with Crippen molar-refractivity contribution in [2.24, 2.45) is 5.10 Å². The molecule has 1 saturated heterocycles. The van der Waals surface area contributed by atoms with Crippen LogP contribution in [0.25, 0.3) is 0 Å². The number of nitrogens with one attached hydrogen (secondary N) is 1. The number of hydrogen-bond acceptors (Lipinski definition) is 5. The average molecular weight is 462 g/mol. The van der Waals surface area contributed by atoms with Crippen molar-refractivity contribution in [3.05, 3.63) is 59.7 Å². The Balaban J connectivity index is 1.25. The van der Waals surface area contributed by atoms with Crippen molar-refractivity contribution in [1.29, 1.82) is 0 Å². The van der Waals surface area contributed by atoms with Crippen molar-refractivity contribution in [1.82, 2.24) is 10.2 Å². The Kier molecular flexibility index (Phi) is 7.63. The van der Waals surface area contributed by atoms with Crippen molar-refractivity contribution in [2.45, 2.75) is 46.1 Å². The van der Waals surface area contributed by atoms with Crippen LogP contribution >= 0.6 is 0 Å². The molecule has 1 atom stereocenters. The maximum absolute atomic E-state index is 12.8. The molecule has 1 N–H and O–H groups in total. The van der Waals surface area contributed by atoms with Crippen molar-refractivity contribution in [3.8, 4) is 0 Å². The number of nitrogens with zero attached hydrogens (tertiary/aromatic N) is 4. The summed E-state index contributed by atoms with van der Waals surface area (Å²) in [6, 6.07) is 16.3. The molecule has 2 aromatic rings. The van der Waals surface area contributed by atoms with Gasteiger partial charge in [0.15, 0.2) is 0 Å². The molecule has 34 heavy (non-hydrogen) atoms. The van der Waals surface area contributed by atoms with Gasteiger partial charge in [-0.15, -0.1) is 0 Å². The van der Waals surface area contributed by atoms with Crippen LogP contribution in [0.15, 0.2) is 53.6 Å². The number of amides is 2. The second-order valence-corrected chi connectivity index (χ2v) is 9.42.